The van der Waals surface area contributed by atoms with Crippen LogP contribution in [0.2, 0.25) is 5.02 Å². The van der Waals surface area contributed by atoms with E-state index in [9.17, 15) is 9.59 Å². The molecule has 0 saturated carbocycles. The van der Waals surface area contributed by atoms with Crippen LogP contribution in [0.3, 0.4) is 0 Å². The lowest BCUT2D eigenvalue weighted by Crippen LogP contribution is -2.54. The van der Waals surface area contributed by atoms with Gasteiger partial charge in [0.15, 0.2) is 5.82 Å². The van der Waals surface area contributed by atoms with E-state index in [4.69, 9.17) is 21.4 Å². The van der Waals surface area contributed by atoms with Crippen molar-refractivity contribution in [3.8, 4) is 5.75 Å². The maximum absolute atomic E-state index is 15.4. The number of hydrogen-bond acceptors (Lipinski definition) is 3. The fourth-order valence-electron chi connectivity index (χ4n) is 3.38. The van der Waals surface area contributed by atoms with Crippen LogP contribution in [0.5, 0.6) is 5.75 Å². The van der Waals surface area contributed by atoms with E-state index in [2.05, 4.69) is 5.32 Å². The summed E-state index contributed by atoms with van der Waals surface area (Å²) in [7, 11) is 0. The molecule has 0 fully saturated rings. The van der Waals surface area contributed by atoms with Gasteiger partial charge in [-0.3, -0.25) is 4.79 Å². The van der Waals surface area contributed by atoms with Crippen molar-refractivity contribution in [3.05, 3.63) is 40.3 Å². The minimum absolute atomic E-state index is 0.0294. The number of aliphatic carboxylic acids is 1. The van der Waals surface area contributed by atoms with E-state index in [1.165, 1.54) is 4.90 Å². The van der Waals surface area contributed by atoms with Crippen LogP contribution in [-0.2, 0) is 10.3 Å². The first-order chi connectivity index (χ1) is 14.2. The molecule has 1 aromatic carbocycles. The monoisotopic (exact) mass is 454 g/mol. The van der Waals surface area contributed by atoms with Crippen molar-refractivity contribution in [2.24, 2.45) is 11.3 Å². The zero-order valence-electron chi connectivity index (χ0n) is 19.0. The molecule has 1 aliphatic heterocycles. The standard InChI is InChI=1S/C23H32ClFN2O4/c1-14(2)11-15-12-27(10-9-18(28)29)21(30)26-23(15,6)16-7-8-17(19(24)20(16)25)31-13-22(3,4)5/h7-8,12,14H,9-11,13H2,1-6H3,(H,26,30)(H,28,29)/t23-/m1/s1. The van der Waals surface area contributed by atoms with Crippen LogP contribution in [0.1, 0.15) is 59.9 Å². The van der Waals surface area contributed by atoms with Crippen LogP contribution in [0.4, 0.5) is 9.18 Å². The summed E-state index contributed by atoms with van der Waals surface area (Å²) in [4.78, 5) is 25.0. The Morgan fingerprint density at radius 3 is 2.55 bits per heavy atom. The average Bonchev–Trinajstić information content (AvgIpc) is 2.62. The van der Waals surface area contributed by atoms with E-state index >= 15 is 4.39 Å². The smallest absolute Gasteiger partial charge is 0.322 e. The van der Waals surface area contributed by atoms with Crippen LogP contribution < -0.4 is 10.1 Å². The zero-order valence-corrected chi connectivity index (χ0v) is 19.8. The topological polar surface area (TPSA) is 78.9 Å². The van der Waals surface area contributed by atoms with Crippen molar-refractivity contribution in [1.29, 1.82) is 0 Å². The molecule has 1 aromatic rings. The molecule has 0 unspecified atom stereocenters. The summed E-state index contributed by atoms with van der Waals surface area (Å²) in [6, 6.07) is 2.72. The molecule has 172 valence electrons. The first-order valence-electron chi connectivity index (χ1n) is 10.4. The van der Waals surface area contributed by atoms with Crippen LogP contribution >= 0.6 is 11.6 Å². The van der Waals surface area contributed by atoms with Gasteiger partial charge in [-0.05, 0) is 42.4 Å². The number of rotatable bonds is 8. The molecule has 2 rings (SSSR count). The molecule has 1 aliphatic rings. The van der Waals surface area contributed by atoms with Gasteiger partial charge in [-0.1, -0.05) is 46.2 Å². The number of ether oxygens (including phenoxy) is 1. The van der Waals surface area contributed by atoms with Gasteiger partial charge >= 0.3 is 12.0 Å². The van der Waals surface area contributed by atoms with Gasteiger partial charge in [-0.25, -0.2) is 9.18 Å². The third-order valence-corrected chi connectivity index (χ3v) is 5.36. The van der Waals surface area contributed by atoms with Gasteiger partial charge in [0, 0.05) is 18.3 Å². The van der Waals surface area contributed by atoms with E-state index < -0.39 is 23.4 Å². The Bertz CT molecular complexity index is 879. The predicted molar refractivity (Wildman–Crippen MR) is 119 cm³/mol. The molecule has 1 atom stereocenters. The summed E-state index contributed by atoms with van der Waals surface area (Å²) >= 11 is 6.30. The quantitative estimate of drug-likeness (QED) is 0.539. The summed E-state index contributed by atoms with van der Waals surface area (Å²) < 4.78 is 21.1. The van der Waals surface area contributed by atoms with E-state index in [-0.39, 0.29) is 40.6 Å². The first-order valence-corrected chi connectivity index (χ1v) is 10.8. The molecule has 2 N–H and O–H groups in total. The number of carboxylic acids is 1. The Hall–Kier alpha value is -2.28. The van der Waals surface area contributed by atoms with E-state index in [1.54, 1.807) is 25.3 Å². The van der Waals surface area contributed by atoms with Gasteiger partial charge in [-0.2, -0.15) is 0 Å². The number of hydrogen-bond donors (Lipinski definition) is 2. The van der Waals surface area contributed by atoms with Crippen LogP contribution in [0.15, 0.2) is 23.9 Å². The molecule has 0 bridgehead atoms. The highest BCUT2D eigenvalue weighted by atomic mass is 35.5. The molecular formula is C23H32ClFN2O4. The van der Waals surface area contributed by atoms with Gasteiger partial charge in [0.2, 0.25) is 0 Å². The van der Waals surface area contributed by atoms with Crippen molar-refractivity contribution in [1.82, 2.24) is 10.2 Å². The lowest BCUT2D eigenvalue weighted by molar-refractivity contribution is -0.137. The summed E-state index contributed by atoms with van der Waals surface area (Å²) in [6.07, 6.45) is 2.04. The van der Waals surface area contributed by atoms with E-state index in [0.717, 1.165) is 5.57 Å². The van der Waals surface area contributed by atoms with Crippen LogP contribution in [-0.4, -0.2) is 35.2 Å². The van der Waals surface area contributed by atoms with Crippen LogP contribution in [0, 0.1) is 17.2 Å². The van der Waals surface area contributed by atoms with Crippen molar-refractivity contribution >= 4 is 23.6 Å². The fraction of sp³-hybridized carbons (Fsp3) is 0.565. The second-order valence-electron chi connectivity index (χ2n) is 9.73. The normalized spacial score (nSPS) is 19.3. The lowest BCUT2D eigenvalue weighted by atomic mass is 9.79. The van der Waals surface area contributed by atoms with Crippen LogP contribution in [0.25, 0.3) is 0 Å². The Morgan fingerprint density at radius 2 is 2.00 bits per heavy atom. The number of amides is 2. The highest BCUT2D eigenvalue weighted by molar-refractivity contribution is 6.32. The first kappa shape index (κ1) is 25.0. The SMILES string of the molecule is CC(C)CC1=CN(CCC(=O)O)C(=O)N[C@@]1(C)c1ccc(OCC(C)(C)C)c(Cl)c1F. The molecule has 0 radical (unpaired) electrons. The van der Waals surface area contributed by atoms with Crippen molar-refractivity contribution < 1.29 is 23.8 Å². The van der Waals surface area contributed by atoms with Gasteiger partial charge < -0.3 is 20.1 Å². The summed E-state index contributed by atoms with van der Waals surface area (Å²) in [5.41, 5.74) is -0.240. The predicted octanol–water partition coefficient (Wildman–Crippen LogP) is 5.55. The van der Waals surface area contributed by atoms with Gasteiger partial charge in [0.1, 0.15) is 10.8 Å². The third kappa shape index (κ3) is 6.12. The second kappa shape index (κ2) is 9.47. The van der Waals surface area contributed by atoms with E-state index in [1.807, 2.05) is 34.6 Å². The highest BCUT2D eigenvalue weighted by Crippen LogP contribution is 2.41. The second-order valence-corrected chi connectivity index (χ2v) is 10.1. The average molecular weight is 455 g/mol. The third-order valence-electron chi connectivity index (χ3n) is 5.01. The minimum Gasteiger partial charge on any atom is -0.491 e. The molecule has 0 aromatic heterocycles. The molecule has 0 aliphatic carbocycles. The Balaban J connectivity index is 2.46. The zero-order chi connectivity index (χ0) is 23.6. The number of benzene rings is 1. The van der Waals surface area contributed by atoms with Gasteiger partial charge in [-0.15, -0.1) is 0 Å². The van der Waals surface area contributed by atoms with E-state index in [0.29, 0.717) is 13.0 Å². The van der Waals surface area contributed by atoms with Crippen molar-refractivity contribution in [2.45, 2.75) is 59.9 Å². The summed E-state index contributed by atoms with van der Waals surface area (Å²) in [6.45, 7) is 12.2. The van der Waals surface area contributed by atoms with Gasteiger partial charge in [0.25, 0.3) is 0 Å². The molecule has 8 heteroatoms. The number of carbonyl (C=O) groups is 2. The lowest BCUT2D eigenvalue weighted by Gasteiger charge is -2.41. The van der Waals surface area contributed by atoms with Crippen molar-refractivity contribution in [2.75, 3.05) is 13.2 Å². The molecule has 1 heterocycles. The largest absolute Gasteiger partial charge is 0.491 e. The minimum atomic E-state index is -1.13. The number of carbonyl (C=O) groups excluding carboxylic acids is 1. The van der Waals surface area contributed by atoms with Crippen molar-refractivity contribution in [3.63, 3.8) is 0 Å². The highest BCUT2D eigenvalue weighted by Gasteiger charge is 2.41. The number of carboxylic acid groups (broad SMARTS) is 1. The molecule has 2 amide bonds. The Kier molecular flexibility index (Phi) is 7.63. The summed E-state index contributed by atoms with van der Waals surface area (Å²) in [5, 5.41) is 11.7. The number of halogens is 2. The maximum atomic E-state index is 15.4. The molecule has 0 spiro atoms. The summed E-state index contributed by atoms with van der Waals surface area (Å²) in [5.74, 6) is -1.16. The number of urea groups is 1. The fourth-order valence-corrected chi connectivity index (χ4v) is 3.60. The molecule has 6 nitrogen and oxygen atoms in total. The molecule has 0 saturated heterocycles. The molecular weight excluding hydrogens is 423 g/mol. The Labute approximate surface area is 188 Å². The Morgan fingerprint density at radius 1 is 1.35 bits per heavy atom. The number of nitrogens with one attached hydrogen (secondary N) is 1. The maximum Gasteiger partial charge on any atom is 0.322 e. The molecule has 31 heavy (non-hydrogen) atoms. The van der Waals surface area contributed by atoms with Gasteiger partial charge in [0.05, 0.1) is 18.6 Å². The number of nitrogens with zero attached hydrogens (tertiary/aromatic N) is 1.